The first kappa shape index (κ1) is 19.0. The molecule has 4 aromatic rings. The van der Waals surface area contributed by atoms with Crippen LogP contribution in [0.3, 0.4) is 0 Å². The summed E-state index contributed by atoms with van der Waals surface area (Å²) in [5.74, 6) is 1.07. The standard InChI is InChI=1S/C22H20N2O4S/c1-27-17-8-7-13(11-18(17)28-2)9-10-23-21(25)19-12-15-14-5-3-4-6-16(14)24-20(15)22(26)29-19/h3-8,11-12,24H,9-10H2,1-2H3,(H,23,25). The molecule has 0 aliphatic rings. The molecule has 2 aromatic carbocycles. The van der Waals surface area contributed by atoms with E-state index >= 15 is 0 Å². The van der Waals surface area contributed by atoms with Crippen LogP contribution in [0, 0.1) is 0 Å². The van der Waals surface area contributed by atoms with Crippen LogP contribution in [0.2, 0.25) is 0 Å². The van der Waals surface area contributed by atoms with Crippen molar-refractivity contribution < 1.29 is 14.3 Å². The number of para-hydroxylation sites is 1. The van der Waals surface area contributed by atoms with Gasteiger partial charge in [-0.05, 0) is 36.2 Å². The fourth-order valence-corrected chi connectivity index (χ4v) is 4.15. The molecule has 2 N–H and O–H groups in total. The second kappa shape index (κ2) is 7.97. The Hall–Kier alpha value is -3.32. The van der Waals surface area contributed by atoms with E-state index in [0.29, 0.717) is 34.9 Å². The lowest BCUT2D eigenvalue weighted by Gasteiger charge is -2.10. The van der Waals surface area contributed by atoms with Crippen molar-refractivity contribution in [2.24, 2.45) is 0 Å². The van der Waals surface area contributed by atoms with Crippen molar-refractivity contribution in [3.05, 3.63) is 68.5 Å². The Morgan fingerprint density at radius 1 is 1.03 bits per heavy atom. The summed E-state index contributed by atoms with van der Waals surface area (Å²) in [5, 5.41) is 4.61. The number of rotatable bonds is 6. The van der Waals surface area contributed by atoms with Crippen LogP contribution in [0.4, 0.5) is 0 Å². The van der Waals surface area contributed by atoms with Crippen LogP contribution in [0.5, 0.6) is 11.5 Å². The topological polar surface area (TPSA) is 80.4 Å². The van der Waals surface area contributed by atoms with Crippen LogP contribution in [-0.4, -0.2) is 31.7 Å². The number of H-pyrrole nitrogens is 1. The van der Waals surface area contributed by atoms with Gasteiger partial charge in [0.2, 0.25) is 0 Å². The van der Waals surface area contributed by atoms with Gasteiger partial charge in [-0.25, -0.2) is 0 Å². The van der Waals surface area contributed by atoms with Gasteiger partial charge in [0.15, 0.2) is 11.5 Å². The Morgan fingerprint density at radius 3 is 2.62 bits per heavy atom. The number of aromatic nitrogens is 1. The first-order valence-corrected chi connectivity index (χ1v) is 9.96. The number of benzene rings is 2. The molecule has 2 heterocycles. The van der Waals surface area contributed by atoms with Crippen molar-refractivity contribution in [3.63, 3.8) is 0 Å². The van der Waals surface area contributed by atoms with E-state index in [2.05, 4.69) is 10.3 Å². The molecule has 148 valence electrons. The third kappa shape index (κ3) is 3.69. The summed E-state index contributed by atoms with van der Waals surface area (Å²) in [4.78, 5) is 28.6. The fraction of sp³-hybridized carbons (Fsp3) is 0.182. The lowest BCUT2D eigenvalue weighted by atomic mass is 10.1. The van der Waals surface area contributed by atoms with Crippen molar-refractivity contribution in [3.8, 4) is 11.5 Å². The highest BCUT2D eigenvalue weighted by molar-refractivity contribution is 7.12. The lowest BCUT2D eigenvalue weighted by Crippen LogP contribution is -2.25. The third-order valence-electron chi connectivity index (χ3n) is 4.80. The van der Waals surface area contributed by atoms with E-state index in [4.69, 9.17) is 9.47 Å². The molecule has 6 nitrogen and oxygen atoms in total. The van der Waals surface area contributed by atoms with Gasteiger partial charge in [-0.3, -0.25) is 9.59 Å². The Kier molecular flexibility index (Phi) is 5.22. The Bertz CT molecular complexity index is 1260. The molecule has 0 saturated heterocycles. The first-order valence-electron chi connectivity index (χ1n) is 9.14. The molecule has 0 atom stereocenters. The highest BCUT2D eigenvalue weighted by Crippen LogP contribution is 2.28. The van der Waals surface area contributed by atoms with E-state index in [1.54, 1.807) is 20.3 Å². The number of fused-ring (bicyclic) bond motifs is 3. The van der Waals surface area contributed by atoms with Gasteiger partial charge in [-0.15, -0.1) is 0 Å². The number of nitrogens with one attached hydrogen (secondary N) is 2. The maximum Gasteiger partial charge on any atom is 0.261 e. The molecule has 1 amide bonds. The Labute approximate surface area is 171 Å². The summed E-state index contributed by atoms with van der Waals surface area (Å²) in [6, 6.07) is 15.1. The minimum atomic E-state index is -0.250. The zero-order valence-electron chi connectivity index (χ0n) is 16.1. The molecule has 4 rings (SSSR count). The average molecular weight is 408 g/mol. The van der Waals surface area contributed by atoms with Crippen LogP contribution in [0.15, 0.2) is 53.3 Å². The molecule has 0 unspecified atom stereocenters. The lowest BCUT2D eigenvalue weighted by molar-refractivity contribution is 0.0958. The summed E-state index contributed by atoms with van der Waals surface area (Å²) in [7, 11) is 3.18. The summed E-state index contributed by atoms with van der Waals surface area (Å²) in [6.07, 6.45) is 0.635. The second-order valence-electron chi connectivity index (χ2n) is 6.55. The van der Waals surface area contributed by atoms with Gasteiger partial charge in [0.05, 0.1) is 19.1 Å². The number of aromatic amines is 1. The molecule has 29 heavy (non-hydrogen) atoms. The van der Waals surface area contributed by atoms with Crippen molar-refractivity contribution in [2.45, 2.75) is 6.42 Å². The maximum absolute atomic E-state index is 12.6. The number of ether oxygens (including phenoxy) is 2. The Balaban J connectivity index is 1.51. The van der Waals surface area contributed by atoms with Gasteiger partial charge in [-0.2, -0.15) is 0 Å². The number of hydrogen-bond acceptors (Lipinski definition) is 5. The molecule has 7 heteroatoms. The summed E-state index contributed by atoms with van der Waals surface area (Å²) in [5.41, 5.74) is 2.44. The Morgan fingerprint density at radius 2 is 1.83 bits per heavy atom. The van der Waals surface area contributed by atoms with Gasteiger partial charge >= 0.3 is 0 Å². The molecule has 0 radical (unpaired) electrons. The molecule has 0 aliphatic heterocycles. The number of carbonyl (C=O) groups is 1. The first-order chi connectivity index (χ1) is 14.1. The van der Waals surface area contributed by atoms with E-state index in [1.807, 2.05) is 42.5 Å². The van der Waals surface area contributed by atoms with Gasteiger partial charge in [-0.1, -0.05) is 35.6 Å². The normalized spacial score (nSPS) is 11.0. The molecule has 0 saturated carbocycles. The molecule has 0 aliphatic carbocycles. The van der Waals surface area contributed by atoms with Gasteiger partial charge in [0, 0.05) is 22.8 Å². The van der Waals surface area contributed by atoms with E-state index < -0.39 is 0 Å². The van der Waals surface area contributed by atoms with Crippen LogP contribution < -0.4 is 19.5 Å². The molecule has 2 aromatic heterocycles. The minimum absolute atomic E-state index is 0.149. The van der Waals surface area contributed by atoms with Crippen LogP contribution in [0.25, 0.3) is 21.8 Å². The van der Waals surface area contributed by atoms with Crippen molar-refractivity contribution >= 4 is 39.0 Å². The van der Waals surface area contributed by atoms with E-state index in [9.17, 15) is 9.59 Å². The SMILES string of the molecule is COc1ccc(CCNC(=O)c2cc3c([nH]c4ccccc43)c(=O)s2)cc1OC. The van der Waals surface area contributed by atoms with Crippen LogP contribution in [-0.2, 0) is 6.42 Å². The van der Waals surface area contributed by atoms with E-state index in [0.717, 1.165) is 33.2 Å². The number of methoxy groups -OCH3 is 2. The number of hydrogen-bond donors (Lipinski definition) is 2. The van der Waals surface area contributed by atoms with E-state index in [1.165, 1.54) is 0 Å². The molecular formula is C22H20N2O4S. The van der Waals surface area contributed by atoms with Crippen molar-refractivity contribution in [2.75, 3.05) is 20.8 Å². The summed E-state index contributed by atoms with van der Waals surface area (Å²) < 4.78 is 10.4. The fourth-order valence-electron chi connectivity index (χ4n) is 3.34. The van der Waals surface area contributed by atoms with Gasteiger partial charge in [0.1, 0.15) is 5.52 Å². The maximum atomic E-state index is 12.6. The van der Waals surface area contributed by atoms with Crippen molar-refractivity contribution in [1.29, 1.82) is 0 Å². The molecule has 0 bridgehead atoms. The third-order valence-corrected chi connectivity index (χ3v) is 5.71. The zero-order valence-corrected chi connectivity index (χ0v) is 16.9. The van der Waals surface area contributed by atoms with Crippen LogP contribution >= 0.6 is 11.3 Å². The highest BCUT2D eigenvalue weighted by Gasteiger charge is 2.14. The smallest absolute Gasteiger partial charge is 0.261 e. The molecule has 0 fully saturated rings. The van der Waals surface area contributed by atoms with Gasteiger partial charge < -0.3 is 19.8 Å². The number of amides is 1. The van der Waals surface area contributed by atoms with Crippen LogP contribution in [0.1, 0.15) is 15.2 Å². The number of carbonyl (C=O) groups excluding carboxylic acids is 1. The van der Waals surface area contributed by atoms with E-state index in [-0.39, 0.29) is 10.6 Å². The van der Waals surface area contributed by atoms with Gasteiger partial charge in [0.25, 0.3) is 10.6 Å². The summed E-state index contributed by atoms with van der Waals surface area (Å²) in [6.45, 7) is 0.446. The minimum Gasteiger partial charge on any atom is -0.493 e. The molecular weight excluding hydrogens is 388 g/mol. The van der Waals surface area contributed by atoms with Crippen molar-refractivity contribution in [1.82, 2.24) is 10.3 Å². The summed E-state index contributed by atoms with van der Waals surface area (Å²) >= 11 is 0.952. The predicted molar refractivity (Wildman–Crippen MR) is 116 cm³/mol. The monoisotopic (exact) mass is 408 g/mol. The molecule has 0 spiro atoms. The predicted octanol–water partition coefficient (Wildman–Crippen LogP) is 3.73. The largest absolute Gasteiger partial charge is 0.493 e. The zero-order chi connectivity index (χ0) is 20.4. The highest BCUT2D eigenvalue weighted by atomic mass is 32.1. The average Bonchev–Trinajstić information content (AvgIpc) is 3.13. The second-order valence-corrected chi connectivity index (χ2v) is 7.57. The quantitative estimate of drug-likeness (QED) is 0.509.